The molecule has 30 heavy (non-hydrogen) atoms. The molecule has 160 valence electrons. The Bertz CT molecular complexity index is 965. The maximum Gasteiger partial charge on any atom is 0.132 e. The van der Waals surface area contributed by atoms with Gasteiger partial charge in [-0.1, -0.05) is 6.07 Å². The Morgan fingerprint density at radius 3 is 2.23 bits per heavy atom. The number of halogens is 2. The molecule has 0 aliphatic heterocycles. The van der Waals surface area contributed by atoms with Crippen molar-refractivity contribution in [1.29, 1.82) is 0 Å². The summed E-state index contributed by atoms with van der Waals surface area (Å²) < 4.78 is 44.3. The van der Waals surface area contributed by atoms with Gasteiger partial charge in [-0.15, -0.1) is 11.3 Å². The fourth-order valence-electron chi connectivity index (χ4n) is 2.96. The highest BCUT2D eigenvalue weighted by molar-refractivity contribution is 7.11. The van der Waals surface area contributed by atoms with Gasteiger partial charge < -0.3 is 19.5 Å². The Kier molecular flexibility index (Phi) is 7.23. The topological polar surface area (TPSA) is 52.6 Å². The third-order valence-corrected chi connectivity index (χ3v) is 5.72. The molecule has 0 fully saturated rings. The Hall–Kier alpha value is -2.71. The summed E-state index contributed by atoms with van der Waals surface area (Å²) in [5.41, 5.74) is 0.679. The van der Waals surface area contributed by atoms with Gasteiger partial charge in [0.25, 0.3) is 0 Å². The Labute approximate surface area is 178 Å². The van der Waals surface area contributed by atoms with Gasteiger partial charge in [-0.3, -0.25) is 0 Å². The quantitative estimate of drug-likeness (QED) is 0.503. The van der Waals surface area contributed by atoms with Crippen molar-refractivity contribution >= 4 is 11.3 Å². The van der Waals surface area contributed by atoms with Crippen molar-refractivity contribution in [2.45, 2.75) is 33.0 Å². The fourth-order valence-corrected chi connectivity index (χ4v) is 3.76. The molecule has 2 aromatic carbocycles. The van der Waals surface area contributed by atoms with Gasteiger partial charge in [-0.25, -0.2) is 13.8 Å². The van der Waals surface area contributed by atoms with Crippen molar-refractivity contribution in [3.05, 3.63) is 69.2 Å². The van der Waals surface area contributed by atoms with Crippen LogP contribution in [0.4, 0.5) is 8.78 Å². The minimum absolute atomic E-state index is 0.0538. The molecule has 1 unspecified atom stereocenters. The highest BCUT2D eigenvalue weighted by Crippen LogP contribution is 2.35. The number of thiazole rings is 1. The number of ether oxygens (including phenoxy) is 3. The van der Waals surface area contributed by atoms with E-state index >= 15 is 0 Å². The van der Waals surface area contributed by atoms with Crippen LogP contribution in [-0.4, -0.2) is 19.2 Å². The number of nitrogens with one attached hydrogen (secondary N) is 1. The highest BCUT2D eigenvalue weighted by atomic mass is 32.1. The van der Waals surface area contributed by atoms with Crippen molar-refractivity contribution in [2.75, 3.05) is 14.2 Å². The van der Waals surface area contributed by atoms with Gasteiger partial charge in [0.2, 0.25) is 0 Å². The first-order valence-electron chi connectivity index (χ1n) is 9.39. The molecule has 0 radical (unpaired) electrons. The van der Waals surface area contributed by atoms with Crippen LogP contribution in [0.25, 0.3) is 0 Å². The molecule has 0 saturated heterocycles. The third-order valence-electron chi connectivity index (χ3n) is 4.62. The Morgan fingerprint density at radius 2 is 1.70 bits per heavy atom. The molecule has 0 aliphatic carbocycles. The molecule has 1 aromatic heterocycles. The van der Waals surface area contributed by atoms with Gasteiger partial charge in [0, 0.05) is 29.8 Å². The van der Waals surface area contributed by atoms with Gasteiger partial charge in [-0.05, 0) is 26.0 Å². The first kappa shape index (κ1) is 22.0. The van der Waals surface area contributed by atoms with E-state index in [2.05, 4.69) is 10.3 Å². The number of aryl methyl sites for hydroxylation is 1. The van der Waals surface area contributed by atoms with Gasteiger partial charge in [0.1, 0.15) is 40.5 Å². The first-order valence-corrected chi connectivity index (χ1v) is 10.2. The van der Waals surface area contributed by atoms with E-state index in [1.165, 1.54) is 18.2 Å². The molecule has 0 amide bonds. The number of hydrogen-bond acceptors (Lipinski definition) is 6. The monoisotopic (exact) mass is 434 g/mol. The van der Waals surface area contributed by atoms with Crippen molar-refractivity contribution < 1.29 is 23.0 Å². The van der Waals surface area contributed by atoms with E-state index in [1.807, 2.05) is 20.0 Å². The molecule has 0 spiro atoms. The van der Waals surface area contributed by atoms with Crippen LogP contribution in [0.2, 0.25) is 0 Å². The van der Waals surface area contributed by atoms with E-state index < -0.39 is 11.6 Å². The smallest absolute Gasteiger partial charge is 0.132 e. The summed E-state index contributed by atoms with van der Waals surface area (Å²) in [6.07, 6.45) is 1.85. The minimum Gasteiger partial charge on any atom is -0.496 e. The zero-order chi connectivity index (χ0) is 21.7. The maximum atomic E-state index is 13.8. The van der Waals surface area contributed by atoms with Crippen LogP contribution >= 0.6 is 11.3 Å². The summed E-state index contributed by atoms with van der Waals surface area (Å²) in [5, 5.41) is 4.42. The first-order chi connectivity index (χ1) is 14.4. The summed E-state index contributed by atoms with van der Waals surface area (Å²) in [6.45, 7) is 4.29. The van der Waals surface area contributed by atoms with Gasteiger partial charge in [-0.2, -0.15) is 0 Å². The van der Waals surface area contributed by atoms with E-state index in [0.717, 1.165) is 15.4 Å². The molecule has 0 saturated carbocycles. The number of aromatic nitrogens is 1. The maximum absolute atomic E-state index is 13.8. The fraction of sp³-hybridized carbons (Fsp3) is 0.318. The Balaban J connectivity index is 1.76. The van der Waals surface area contributed by atoms with Gasteiger partial charge in [0.05, 0.1) is 31.4 Å². The van der Waals surface area contributed by atoms with Crippen LogP contribution in [0, 0.1) is 18.6 Å². The second-order valence-electron chi connectivity index (χ2n) is 6.71. The van der Waals surface area contributed by atoms with Crippen LogP contribution in [0.15, 0.2) is 36.5 Å². The van der Waals surface area contributed by atoms with Gasteiger partial charge >= 0.3 is 0 Å². The van der Waals surface area contributed by atoms with Crippen LogP contribution < -0.4 is 19.5 Å². The molecule has 0 bridgehead atoms. The summed E-state index contributed by atoms with van der Waals surface area (Å²) in [4.78, 5) is 5.56. The predicted octanol–water partition coefficient (Wildman–Crippen LogP) is 5.18. The van der Waals surface area contributed by atoms with E-state index in [-0.39, 0.29) is 18.2 Å². The average Bonchev–Trinajstić information content (AvgIpc) is 3.17. The lowest BCUT2D eigenvalue weighted by Crippen LogP contribution is -2.19. The summed E-state index contributed by atoms with van der Waals surface area (Å²) in [6, 6.07) is 7.12. The number of methoxy groups -OCH3 is 2. The molecule has 3 aromatic rings. The standard InChI is InChI=1S/C22H24F2N2O3S/c1-13-10-26-22(30-13)14(2)25-11-16-20(27-3)8-15(9-21(16)28-4)29-12-17-18(23)6-5-7-19(17)24/h5-10,14,25H,11-12H2,1-4H3. The van der Waals surface area contributed by atoms with Crippen molar-refractivity contribution in [3.63, 3.8) is 0 Å². The third kappa shape index (κ3) is 5.06. The molecule has 1 atom stereocenters. The molecule has 1 heterocycles. The molecule has 1 N–H and O–H groups in total. The predicted molar refractivity (Wildman–Crippen MR) is 112 cm³/mol. The SMILES string of the molecule is COc1cc(OCc2c(F)cccc2F)cc(OC)c1CNC(C)c1ncc(C)s1. The highest BCUT2D eigenvalue weighted by Gasteiger charge is 2.17. The zero-order valence-electron chi connectivity index (χ0n) is 17.3. The number of hydrogen-bond donors (Lipinski definition) is 1. The van der Waals surface area contributed by atoms with Crippen LogP contribution in [-0.2, 0) is 13.2 Å². The van der Waals surface area contributed by atoms with Crippen molar-refractivity contribution in [1.82, 2.24) is 10.3 Å². The van der Waals surface area contributed by atoms with Crippen LogP contribution in [0.5, 0.6) is 17.2 Å². The number of nitrogens with zero attached hydrogens (tertiary/aromatic N) is 1. The lowest BCUT2D eigenvalue weighted by atomic mass is 10.1. The van der Waals surface area contributed by atoms with E-state index in [9.17, 15) is 8.78 Å². The van der Waals surface area contributed by atoms with Crippen molar-refractivity contribution in [3.8, 4) is 17.2 Å². The second kappa shape index (κ2) is 9.86. The lowest BCUT2D eigenvalue weighted by molar-refractivity contribution is 0.287. The minimum atomic E-state index is -0.652. The molecular formula is C22H24F2N2O3S. The molecule has 0 aliphatic rings. The molecule has 5 nitrogen and oxygen atoms in total. The zero-order valence-corrected chi connectivity index (χ0v) is 18.1. The lowest BCUT2D eigenvalue weighted by Gasteiger charge is -2.18. The molecular weight excluding hydrogens is 410 g/mol. The van der Waals surface area contributed by atoms with E-state index in [4.69, 9.17) is 14.2 Å². The largest absolute Gasteiger partial charge is 0.496 e. The normalized spacial score (nSPS) is 11.9. The van der Waals surface area contributed by atoms with Crippen LogP contribution in [0.3, 0.4) is 0 Å². The summed E-state index contributed by atoms with van der Waals surface area (Å²) >= 11 is 1.64. The second-order valence-corrected chi connectivity index (χ2v) is 7.97. The number of rotatable bonds is 9. The van der Waals surface area contributed by atoms with E-state index in [1.54, 1.807) is 37.7 Å². The van der Waals surface area contributed by atoms with Crippen LogP contribution in [0.1, 0.15) is 34.0 Å². The van der Waals surface area contributed by atoms with Crippen molar-refractivity contribution in [2.24, 2.45) is 0 Å². The number of benzene rings is 2. The molecule has 3 rings (SSSR count). The summed E-state index contributed by atoms with van der Waals surface area (Å²) in [5.74, 6) is 0.183. The van der Waals surface area contributed by atoms with Gasteiger partial charge in [0.15, 0.2) is 0 Å². The van der Waals surface area contributed by atoms with E-state index in [0.29, 0.717) is 23.8 Å². The summed E-state index contributed by atoms with van der Waals surface area (Å²) in [7, 11) is 3.10. The molecule has 8 heteroatoms. The average molecular weight is 435 g/mol. The Morgan fingerprint density at radius 1 is 1.07 bits per heavy atom.